The number of rotatable bonds is 7. The fourth-order valence-electron chi connectivity index (χ4n) is 3.24. The lowest BCUT2D eigenvalue weighted by Gasteiger charge is -2.20. The van der Waals surface area contributed by atoms with Crippen molar-refractivity contribution in [1.82, 2.24) is 5.32 Å². The molecule has 0 fully saturated rings. The molecule has 7 heteroatoms. The number of carbonyl (C=O) groups is 3. The standard InChI is InChI=1S/C26H25FN2O4/c1-17(19-13-15-20(27)16-14-19)28-24(30)18(2)33-26(32)23-12-8-7-11-22(23)25(31)29(3)21-9-5-4-6-10-21/h4-18H,1-3H3,(H,28,30). The normalized spacial score (nSPS) is 12.4. The largest absolute Gasteiger partial charge is 0.449 e. The third kappa shape index (κ3) is 5.83. The smallest absolute Gasteiger partial charge is 0.339 e. The van der Waals surface area contributed by atoms with Gasteiger partial charge in [0.15, 0.2) is 6.10 Å². The monoisotopic (exact) mass is 448 g/mol. The highest BCUT2D eigenvalue weighted by atomic mass is 19.1. The van der Waals surface area contributed by atoms with Gasteiger partial charge in [-0.05, 0) is 55.8 Å². The first-order chi connectivity index (χ1) is 15.8. The third-order valence-electron chi connectivity index (χ3n) is 5.21. The molecule has 0 bridgehead atoms. The average Bonchev–Trinajstić information content (AvgIpc) is 2.83. The maximum Gasteiger partial charge on any atom is 0.339 e. The van der Waals surface area contributed by atoms with E-state index in [1.165, 1.54) is 30.0 Å². The fourth-order valence-corrected chi connectivity index (χ4v) is 3.24. The number of nitrogens with zero attached hydrogens (tertiary/aromatic N) is 1. The minimum absolute atomic E-state index is 0.0662. The van der Waals surface area contributed by atoms with Crippen molar-refractivity contribution >= 4 is 23.5 Å². The van der Waals surface area contributed by atoms with Gasteiger partial charge in [-0.25, -0.2) is 9.18 Å². The molecule has 2 unspecified atom stereocenters. The summed E-state index contributed by atoms with van der Waals surface area (Å²) in [5.41, 5.74) is 1.62. The molecule has 0 saturated heterocycles. The minimum Gasteiger partial charge on any atom is -0.449 e. The van der Waals surface area contributed by atoms with Crippen molar-refractivity contribution in [2.75, 3.05) is 11.9 Å². The Labute approximate surface area is 192 Å². The van der Waals surface area contributed by atoms with Crippen LogP contribution in [0, 0.1) is 5.82 Å². The molecule has 3 aromatic carbocycles. The van der Waals surface area contributed by atoms with Gasteiger partial charge in [-0.2, -0.15) is 0 Å². The van der Waals surface area contributed by atoms with Gasteiger partial charge >= 0.3 is 5.97 Å². The number of para-hydroxylation sites is 1. The third-order valence-corrected chi connectivity index (χ3v) is 5.21. The average molecular weight is 448 g/mol. The second-order valence-electron chi connectivity index (χ2n) is 7.57. The number of hydrogen-bond acceptors (Lipinski definition) is 4. The number of esters is 1. The highest BCUT2D eigenvalue weighted by molar-refractivity contribution is 6.12. The van der Waals surface area contributed by atoms with E-state index in [-0.39, 0.29) is 22.9 Å². The van der Waals surface area contributed by atoms with E-state index in [2.05, 4.69) is 5.32 Å². The van der Waals surface area contributed by atoms with Gasteiger partial charge in [-0.1, -0.05) is 42.5 Å². The first kappa shape index (κ1) is 23.7. The lowest BCUT2D eigenvalue weighted by atomic mass is 10.1. The van der Waals surface area contributed by atoms with E-state index in [4.69, 9.17) is 4.74 Å². The SMILES string of the molecule is CC(OC(=O)c1ccccc1C(=O)N(C)c1ccccc1)C(=O)NC(C)c1ccc(F)cc1. The molecule has 3 aromatic rings. The highest BCUT2D eigenvalue weighted by Crippen LogP contribution is 2.19. The maximum absolute atomic E-state index is 13.1. The predicted octanol–water partition coefficient (Wildman–Crippen LogP) is 4.53. The number of benzene rings is 3. The van der Waals surface area contributed by atoms with E-state index >= 15 is 0 Å². The van der Waals surface area contributed by atoms with Crippen LogP contribution < -0.4 is 10.2 Å². The Kier molecular flexibility index (Phi) is 7.56. The number of anilines is 1. The zero-order valence-corrected chi connectivity index (χ0v) is 18.6. The number of carbonyl (C=O) groups excluding carboxylic acids is 3. The molecule has 0 heterocycles. The molecule has 0 aromatic heterocycles. The van der Waals surface area contributed by atoms with Gasteiger partial charge in [-0.3, -0.25) is 9.59 Å². The van der Waals surface area contributed by atoms with Gasteiger partial charge in [0, 0.05) is 12.7 Å². The van der Waals surface area contributed by atoms with Gasteiger partial charge in [0.05, 0.1) is 17.2 Å². The van der Waals surface area contributed by atoms with Crippen molar-refractivity contribution in [2.45, 2.75) is 26.0 Å². The topological polar surface area (TPSA) is 75.7 Å². The molecule has 6 nitrogen and oxygen atoms in total. The predicted molar refractivity (Wildman–Crippen MR) is 123 cm³/mol. The van der Waals surface area contributed by atoms with Crippen LogP contribution in [0.15, 0.2) is 78.9 Å². The van der Waals surface area contributed by atoms with Gasteiger partial charge in [-0.15, -0.1) is 0 Å². The molecule has 0 radical (unpaired) electrons. The zero-order chi connectivity index (χ0) is 24.0. The summed E-state index contributed by atoms with van der Waals surface area (Å²) < 4.78 is 18.5. The summed E-state index contributed by atoms with van der Waals surface area (Å²) in [6.07, 6.45) is -1.10. The molecule has 0 spiro atoms. The summed E-state index contributed by atoms with van der Waals surface area (Å²) in [7, 11) is 1.62. The molecule has 0 aliphatic heterocycles. The zero-order valence-electron chi connectivity index (χ0n) is 18.6. The molecular formula is C26H25FN2O4. The van der Waals surface area contributed by atoms with E-state index in [1.54, 1.807) is 56.4 Å². The Morgan fingerprint density at radius 2 is 1.42 bits per heavy atom. The van der Waals surface area contributed by atoms with Crippen LogP contribution in [0.2, 0.25) is 0 Å². The number of amides is 2. The Hall–Kier alpha value is -4.00. The van der Waals surface area contributed by atoms with Gasteiger partial charge in [0.1, 0.15) is 5.82 Å². The van der Waals surface area contributed by atoms with Crippen LogP contribution >= 0.6 is 0 Å². The van der Waals surface area contributed by atoms with Gasteiger partial charge < -0.3 is 15.0 Å². The summed E-state index contributed by atoms with van der Waals surface area (Å²) >= 11 is 0. The molecule has 170 valence electrons. The van der Waals surface area contributed by atoms with Crippen LogP contribution in [0.25, 0.3) is 0 Å². The van der Waals surface area contributed by atoms with Crippen molar-refractivity contribution in [3.05, 3.63) is 101 Å². The van der Waals surface area contributed by atoms with Gasteiger partial charge in [0.25, 0.3) is 11.8 Å². The Morgan fingerprint density at radius 3 is 2.06 bits per heavy atom. The Balaban J connectivity index is 1.69. The van der Waals surface area contributed by atoms with E-state index < -0.39 is 24.0 Å². The summed E-state index contributed by atoms with van der Waals surface area (Å²) in [5, 5.41) is 2.74. The number of ether oxygens (including phenoxy) is 1. The van der Waals surface area contributed by atoms with Crippen LogP contribution in [0.3, 0.4) is 0 Å². The molecule has 1 N–H and O–H groups in total. The second-order valence-corrected chi connectivity index (χ2v) is 7.57. The molecule has 0 aliphatic rings. The van der Waals surface area contributed by atoms with Crippen LogP contribution in [0.1, 0.15) is 46.2 Å². The highest BCUT2D eigenvalue weighted by Gasteiger charge is 2.25. The van der Waals surface area contributed by atoms with Crippen LogP contribution in [0.5, 0.6) is 0 Å². The van der Waals surface area contributed by atoms with Crippen LogP contribution in [0.4, 0.5) is 10.1 Å². The van der Waals surface area contributed by atoms with E-state index in [1.807, 2.05) is 18.2 Å². The lowest BCUT2D eigenvalue weighted by Crippen LogP contribution is -2.37. The van der Waals surface area contributed by atoms with Crippen LogP contribution in [-0.2, 0) is 9.53 Å². The molecule has 2 amide bonds. The molecule has 2 atom stereocenters. The van der Waals surface area contributed by atoms with Crippen molar-refractivity contribution in [2.24, 2.45) is 0 Å². The van der Waals surface area contributed by atoms with Gasteiger partial charge in [0.2, 0.25) is 0 Å². The minimum atomic E-state index is -1.10. The Bertz CT molecular complexity index is 1130. The molecule has 33 heavy (non-hydrogen) atoms. The quantitative estimate of drug-likeness (QED) is 0.539. The second kappa shape index (κ2) is 10.5. The lowest BCUT2D eigenvalue weighted by molar-refractivity contribution is -0.129. The molecule has 0 aliphatic carbocycles. The summed E-state index contributed by atoms with van der Waals surface area (Å²) in [4.78, 5) is 39.8. The number of nitrogens with one attached hydrogen (secondary N) is 1. The van der Waals surface area contributed by atoms with Crippen molar-refractivity contribution in [3.8, 4) is 0 Å². The summed E-state index contributed by atoms with van der Waals surface area (Å²) in [5.74, 6) is -2.04. The Morgan fingerprint density at radius 1 is 0.848 bits per heavy atom. The van der Waals surface area contributed by atoms with Crippen molar-refractivity contribution in [3.63, 3.8) is 0 Å². The fraction of sp³-hybridized carbons (Fsp3) is 0.192. The summed E-state index contributed by atoms with van der Waals surface area (Å²) in [6, 6.07) is 20.7. The van der Waals surface area contributed by atoms with Crippen molar-refractivity contribution in [1.29, 1.82) is 0 Å². The molecule has 0 saturated carbocycles. The number of halogens is 1. The van der Waals surface area contributed by atoms with E-state index in [0.717, 1.165) is 0 Å². The first-order valence-corrected chi connectivity index (χ1v) is 10.5. The van der Waals surface area contributed by atoms with E-state index in [9.17, 15) is 18.8 Å². The van der Waals surface area contributed by atoms with Crippen LogP contribution in [-0.4, -0.2) is 30.9 Å². The maximum atomic E-state index is 13.1. The number of hydrogen-bond donors (Lipinski definition) is 1. The van der Waals surface area contributed by atoms with Crippen molar-refractivity contribution < 1.29 is 23.5 Å². The summed E-state index contributed by atoms with van der Waals surface area (Å²) in [6.45, 7) is 3.19. The molecular weight excluding hydrogens is 423 g/mol. The van der Waals surface area contributed by atoms with E-state index in [0.29, 0.717) is 11.3 Å². The first-order valence-electron chi connectivity index (χ1n) is 10.5. The molecule has 3 rings (SSSR count).